The second kappa shape index (κ2) is 6.95. The van der Waals surface area contributed by atoms with Gasteiger partial charge in [0.15, 0.2) is 11.5 Å². The number of nitrogens with zero attached hydrogens (tertiary/aromatic N) is 1. The van der Waals surface area contributed by atoms with Crippen LogP contribution in [-0.2, 0) is 0 Å². The molecule has 1 aliphatic rings. The van der Waals surface area contributed by atoms with Crippen LogP contribution in [0.25, 0.3) is 0 Å². The predicted molar refractivity (Wildman–Crippen MR) is 79.6 cm³/mol. The lowest BCUT2D eigenvalue weighted by atomic mass is 10.0. The first-order valence-electron chi connectivity index (χ1n) is 7.28. The molecule has 1 heterocycles. The topological polar surface area (TPSA) is 41.9 Å². The van der Waals surface area contributed by atoms with Crippen LogP contribution in [0.1, 0.15) is 31.2 Å². The Kier molecular flexibility index (Phi) is 5.26. The summed E-state index contributed by atoms with van der Waals surface area (Å²) >= 11 is 0. The second-order valence-electron chi connectivity index (χ2n) is 5.64. The summed E-state index contributed by atoms with van der Waals surface area (Å²) in [6.07, 6.45) is 2.45. The summed E-state index contributed by atoms with van der Waals surface area (Å²) in [6, 6.07) is 5.90. The van der Waals surface area contributed by atoms with Crippen molar-refractivity contribution in [2.45, 2.75) is 31.8 Å². The van der Waals surface area contributed by atoms with E-state index in [4.69, 9.17) is 9.47 Å². The highest BCUT2D eigenvalue weighted by molar-refractivity contribution is 5.44. The highest BCUT2D eigenvalue weighted by Gasteiger charge is 2.20. The first-order valence-corrected chi connectivity index (χ1v) is 7.28. The number of piperidine rings is 1. The number of hydrogen-bond acceptors (Lipinski definition) is 4. The minimum absolute atomic E-state index is 0.109. The van der Waals surface area contributed by atoms with Gasteiger partial charge in [-0.15, -0.1) is 0 Å². The lowest BCUT2D eigenvalue weighted by Crippen LogP contribution is -2.38. The van der Waals surface area contributed by atoms with Crippen LogP contribution in [0.2, 0.25) is 0 Å². The number of hydrogen-bond donors (Lipinski definition) is 1. The number of aliphatic hydroxyl groups is 1. The van der Waals surface area contributed by atoms with Crippen LogP contribution in [-0.4, -0.2) is 50.0 Å². The van der Waals surface area contributed by atoms with Crippen LogP contribution < -0.4 is 9.47 Å². The Labute approximate surface area is 121 Å². The van der Waals surface area contributed by atoms with E-state index in [1.54, 1.807) is 7.11 Å². The van der Waals surface area contributed by atoms with Crippen LogP contribution in [0.5, 0.6) is 11.5 Å². The van der Waals surface area contributed by atoms with Crippen LogP contribution in [0, 0.1) is 0 Å². The SMILES string of the molecule is COc1ccc(C(C)CO)cc1OC1CCCN(C)C1. The average Bonchev–Trinajstić information content (AvgIpc) is 2.46. The van der Waals surface area contributed by atoms with Crippen molar-refractivity contribution in [1.82, 2.24) is 4.90 Å². The van der Waals surface area contributed by atoms with E-state index in [-0.39, 0.29) is 18.6 Å². The maximum Gasteiger partial charge on any atom is 0.161 e. The van der Waals surface area contributed by atoms with Crippen LogP contribution >= 0.6 is 0 Å². The van der Waals surface area contributed by atoms with E-state index < -0.39 is 0 Å². The molecule has 2 atom stereocenters. The van der Waals surface area contributed by atoms with Crippen molar-refractivity contribution in [3.8, 4) is 11.5 Å². The molecular weight excluding hydrogens is 254 g/mol. The molecule has 4 nitrogen and oxygen atoms in total. The molecule has 0 spiro atoms. The van der Waals surface area contributed by atoms with E-state index in [0.717, 1.165) is 43.0 Å². The van der Waals surface area contributed by atoms with Gasteiger partial charge in [0.05, 0.1) is 7.11 Å². The third-order valence-electron chi connectivity index (χ3n) is 3.91. The fourth-order valence-corrected chi connectivity index (χ4v) is 2.59. The molecule has 0 saturated carbocycles. The zero-order chi connectivity index (χ0) is 14.5. The zero-order valence-electron chi connectivity index (χ0n) is 12.6. The van der Waals surface area contributed by atoms with Gasteiger partial charge < -0.3 is 19.5 Å². The average molecular weight is 279 g/mol. The lowest BCUT2D eigenvalue weighted by molar-refractivity contribution is 0.101. The van der Waals surface area contributed by atoms with Crippen molar-refractivity contribution in [3.63, 3.8) is 0 Å². The number of ether oxygens (including phenoxy) is 2. The smallest absolute Gasteiger partial charge is 0.161 e. The monoisotopic (exact) mass is 279 g/mol. The highest BCUT2D eigenvalue weighted by Crippen LogP contribution is 2.32. The zero-order valence-corrected chi connectivity index (χ0v) is 12.6. The van der Waals surface area contributed by atoms with Gasteiger partial charge in [0.1, 0.15) is 6.10 Å². The number of likely N-dealkylation sites (tertiary alicyclic amines) is 1. The molecule has 1 N–H and O–H groups in total. The summed E-state index contributed by atoms with van der Waals surface area (Å²) in [5, 5.41) is 9.28. The Morgan fingerprint density at radius 1 is 1.40 bits per heavy atom. The van der Waals surface area contributed by atoms with Gasteiger partial charge in [0, 0.05) is 19.1 Å². The fourth-order valence-electron chi connectivity index (χ4n) is 2.59. The van der Waals surface area contributed by atoms with Crippen molar-refractivity contribution in [3.05, 3.63) is 23.8 Å². The standard InChI is InChI=1S/C16H25NO3/c1-12(11-18)13-6-7-15(19-3)16(9-13)20-14-5-4-8-17(2)10-14/h6-7,9,12,14,18H,4-5,8,10-11H2,1-3H3. The summed E-state index contributed by atoms with van der Waals surface area (Å²) in [5.41, 5.74) is 1.08. The van der Waals surface area contributed by atoms with Crippen molar-refractivity contribution in [1.29, 1.82) is 0 Å². The van der Waals surface area contributed by atoms with E-state index in [1.165, 1.54) is 0 Å². The molecule has 20 heavy (non-hydrogen) atoms. The quantitative estimate of drug-likeness (QED) is 0.898. The van der Waals surface area contributed by atoms with E-state index in [1.807, 2.05) is 25.1 Å². The van der Waals surface area contributed by atoms with Gasteiger partial charge in [-0.1, -0.05) is 13.0 Å². The van der Waals surface area contributed by atoms with E-state index in [0.29, 0.717) is 0 Å². The van der Waals surface area contributed by atoms with Crippen molar-refractivity contribution in [2.75, 3.05) is 33.9 Å². The van der Waals surface area contributed by atoms with Crippen LogP contribution in [0.3, 0.4) is 0 Å². The molecule has 0 radical (unpaired) electrons. The number of benzene rings is 1. The molecule has 0 aliphatic carbocycles. The molecule has 1 aromatic rings. The largest absolute Gasteiger partial charge is 0.493 e. The molecule has 1 aromatic carbocycles. The molecule has 1 saturated heterocycles. The van der Waals surface area contributed by atoms with E-state index >= 15 is 0 Å². The molecular formula is C16H25NO3. The van der Waals surface area contributed by atoms with Gasteiger partial charge in [-0.25, -0.2) is 0 Å². The third kappa shape index (κ3) is 3.64. The highest BCUT2D eigenvalue weighted by atomic mass is 16.5. The van der Waals surface area contributed by atoms with Crippen molar-refractivity contribution >= 4 is 0 Å². The molecule has 0 bridgehead atoms. The molecule has 1 fully saturated rings. The Bertz CT molecular complexity index is 436. The molecule has 0 amide bonds. The number of likely N-dealkylation sites (N-methyl/N-ethyl adjacent to an activating group) is 1. The van der Waals surface area contributed by atoms with Gasteiger partial charge in [-0.05, 0) is 44.1 Å². The molecule has 0 aromatic heterocycles. The summed E-state index contributed by atoms with van der Waals surface area (Å²) in [7, 11) is 3.78. The number of methoxy groups -OCH3 is 1. The maximum atomic E-state index is 9.28. The summed E-state index contributed by atoms with van der Waals surface area (Å²) < 4.78 is 11.5. The van der Waals surface area contributed by atoms with Crippen LogP contribution in [0.15, 0.2) is 18.2 Å². The molecule has 2 rings (SSSR count). The Hall–Kier alpha value is -1.26. The molecule has 1 aliphatic heterocycles. The Balaban J connectivity index is 2.15. The van der Waals surface area contributed by atoms with Crippen LogP contribution in [0.4, 0.5) is 0 Å². The number of rotatable bonds is 5. The minimum Gasteiger partial charge on any atom is -0.493 e. The van der Waals surface area contributed by atoms with Gasteiger partial charge >= 0.3 is 0 Å². The predicted octanol–water partition coefficient (Wildman–Crippen LogP) is 2.26. The van der Waals surface area contributed by atoms with Crippen molar-refractivity contribution in [2.24, 2.45) is 0 Å². The number of aliphatic hydroxyl groups excluding tert-OH is 1. The summed E-state index contributed by atoms with van der Waals surface area (Å²) in [4.78, 5) is 2.29. The summed E-state index contributed by atoms with van der Waals surface area (Å²) in [6.45, 7) is 4.22. The van der Waals surface area contributed by atoms with Crippen molar-refractivity contribution < 1.29 is 14.6 Å². The van der Waals surface area contributed by atoms with Gasteiger partial charge in [-0.3, -0.25) is 0 Å². The van der Waals surface area contributed by atoms with Gasteiger partial charge in [0.25, 0.3) is 0 Å². The normalized spacial score (nSPS) is 21.5. The van der Waals surface area contributed by atoms with E-state index in [9.17, 15) is 5.11 Å². The first-order chi connectivity index (χ1) is 9.63. The maximum absolute atomic E-state index is 9.28. The first kappa shape index (κ1) is 15.1. The van der Waals surface area contributed by atoms with Gasteiger partial charge in [0.2, 0.25) is 0 Å². The molecule has 4 heteroatoms. The fraction of sp³-hybridized carbons (Fsp3) is 0.625. The lowest BCUT2D eigenvalue weighted by Gasteiger charge is -2.30. The summed E-state index contributed by atoms with van der Waals surface area (Å²) in [5.74, 6) is 1.65. The molecule has 112 valence electrons. The Morgan fingerprint density at radius 3 is 2.85 bits per heavy atom. The second-order valence-corrected chi connectivity index (χ2v) is 5.64. The molecule has 2 unspecified atom stereocenters. The van der Waals surface area contributed by atoms with Gasteiger partial charge in [-0.2, -0.15) is 0 Å². The minimum atomic E-state index is 0.109. The van der Waals surface area contributed by atoms with E-state index in [2.05, 4.69) is 11.9 Å². The Morgan fingerprint density at radius 2 is 2.20 bits per heavy atom. The third-order valence-corrected chi connectivity index (χ3v) is 3.91.